The molecule has 0 aromatic heterocycles. The van der Waals surface area contributed by atoms with Gasteiger partial charge in [-0.1, -0.05) is 6.07 Å². The minimum atomic E-state index is -0.437. The van der Waals surface area contributed by atoms with Crippen LogP contribution in [0.5, 0.6) is 5.75 Å². The number of hydrogen-bond acceptors (Lipinski definition) is 5. The van der Waals surface area contributed by atoms with Gasteiger partial charge in [-0.25, -0.2) is 0 Å². The Morgan fingerprint density at radius 2 is 2.11 bits per heavy atom. The Kier molecular flexibility index (Phi) is 5.33. The predicted octanol–water partition coefficient (Wildman–Crippen LogP) is 1.38. The summed E-state index contributed by atoms with van der Waals surface area (Å²) < 4.78 is 10.9. The smallest absolute Gasteiger partial charge is 0.273 e. The second-order valence-electron chi connectivity index (χ2n) is 3.84. The summed E-state index contributed by atoms with van der Waals surface area (Å²) in [6.45, 7) is 1.41. The maximum Gasteiger partial charge on any atom is 0.273 e. The molecule has 1 heterocycles. The quantitative estimate of drug-likeness (QED) is 0.663. The number of nitro benzene ring substituents is 1. The van der Waals surface area contributed by atoms with Crippen LogP contribution in [0.3, 0.4) is 0 Å². The van der Waals surface area contributed by atoms with E-state index in [-0.39, 0.29) is 30.3 Å². The van der Waals surface area contributed by atoms with Gasteiger partial charge in [0.2, 0.25) is 0 Å². The van der Waals surface area contributed by atoms with Crippen molar-refractivity contribution < 1.29 is 14.4 Å². The summed E-state index contributed by atoms with van der Waals surface area (Å²) in [7, 11) is 1.63. The molecule has 1 aromatic rings. The Hall–Kier alpha value is -1.37. The van der Waals surface area contributed by atoms with E-state index in [2.05, 4.69) is 5.32 Å². The van der Waals surface area contributed by atoms with Crippen LogP contribution in [0.2, 0.25) is 0 Å². The van der Waals surface area contributed by atoms with Crippen LogP contribution in [0.1, 0.15) is 0 Å². The first-order valence-electron chi connectivity index (χ1n) is 5.35. The number of benzene rings is 1. The normalized spacial score (nSPS) is 22.3. The van der Waals surface area contributed by atoms with E-state index in [9.17, 15) is 10.1 Å². The number of non-ortho nitro benzene ring substituents is 1. The zero-order valence-electron chi connectivity index (χ0n) is 9.87. The summed E-state index contributed by atoms with van der Waals surface area (Å²) in [5, 5.41) is 13.8. The highest BCUT2D eigenvalue weighted by atomic mass is 35.5. The number of methoxy groups -OCH3 is 1. The van der Waals surface area contributed by atoms with Crippen molar-refractivity contribution in [2.24, 2.45) is 0 Å². The van der Waals surface area contributed by atoms with E-state index in [0.29, 0.717) is 12.3 Å². The largest absolute Gasteiger partial charge is 0.486 e. The fourth-order valence-electron chi connectivity index (χ4n) is 1.83. The molecule has 0 spiro atoms. The standard InChI is InChI=1S/C11H14N2O4.ClH/c1-16-10-6-12-7-11(10)17-9-4-2-3-8(5-9)13(14)15;/h2-5,10-12H,6-7H2,1H3;1H. The molecule has 7 heteroatoms. The molecule has 0 radical (unpaired) electrons. The van der Waals surface area contributed by atoms with Gasteiger partial charge in [0, 0.05) is 26.3 Å². The molecule has 0 saturated carbocycles. The highest BCUT2D eigenvalue weighted by Gasteiger charge is 2.28. The molecule has 0 aliphatic carbocycles. The second-order valence-corrected chi connectivity index (χ2v) is 3.84. The summed E-state index contributed by atoms with van der Waals surface area (Å²) in [6, 6.07) is 6.17. The molecule has 0 amide bonds. The number of halogens is 1. The minimum absolute atomic E-state index is 0. The lowest BCUT2D eigenvalue weighted by Gasteiger charge is -2.18. The van der Waals surface area contributed by atoms with Gasteiger partial charge in [-0.2, -0.15) is 0 Å². The Bertz CT molecular complexity index is 416. The molecule has 1 saturated heterocycles. The molecular weight excluding hydrogens is 260 g/mol. The van der Waals surface area contributed by atoms with Gasteiger partial charge in [-0.05, 0) is 6.07 Å². The average molecular weight is 275 g/mol. The molecule has 2 atom stereocenters. The van der Waals surface area contributed by atoms with Gasteiger partial charge in [-0.15, -0.1) is 12.4 Å². The van der Waals surface area contributed by atoms with Crippen molar-refractivity contribution in [3.8, 4) is 5.75 Å². The third-order valence-corrected chi connectivity index (χ3v) is 2.72. The molecule has 1 fully saturated rings. The van der Waals surface area contributed by atoms with Crippen LogP contribution in [-0.2, 0) is 4.74 Å². The SMILES string of the molecule is COC1CNCC1Oc1cccc([N+](=O)[O-])c1.Cl. The van der Waals surface area contributed by atoms with Gasteiger partial charge < -0.3 is 14.8 Å². The summed E-state index contributed by atoms with van der Waals surface area (Å²) >= 11 is 0. The van der Waals surface area contributed by atoms with Crippen molar-refractivity contribution in [3.05, 3.63) is 34.4 Å². The molecule has 100 valence electrons. The first-order valence-corrected chi connectivity index (χ1v) is 5.35. The molecule has 1 aromatic carbocycles. The third kappa shape index (κ3) is 3.32. The zero-order valence-corrected chi connectivity index (χ0v) is 10.7. The lowest BCUT2D eigenvalue weighted by Crippen LogP contribution is -2.31. The van der Waals surface area contributed by atoms with Crippen molar-refractivity contribution in [2.75, 3.05) is 20.2 Å². The van der Waals surface area contributed by atoms with Crippen molar-refractivity contribution >= 4 is 18.1 Å². The number of hydrogen-bond donors (Lipinski definition) is 1. The average Bonchev–Trinajstić information content (AvgIpc) is 2.76. The molecule has 1 N–H and O–H groups in total. The molecule has 18 heavy (non-hydrogen) atoms. The molecule has 0 bridgehead atoms. The second kappa shape index (κ2) is 6.53. The highest BCUT2D eigenvalue weighted by Crippen LogP contribution is 2.21. The van der Waals surface area contributed by atoms with Gasteiger partial charge in [0.05, 0.1) is 11.0 Å². The number of rotatable bonds is 4. The van der Waals surface area contributed by atoms with Crippen molar-refractivity contribution in [1.82, 2.24) is 5.32 Å². The van der Waals surface area contributed by atoms with Crippen LogP contribution in [0, 0.1) is 10.1 Å². The van der Waals surface area contributed by atoms with E-state index in [1.807, 2.05) is 0 Å². The topological polar surface area (TPSA) is 73.6 Å². The summed E-state index contributed by atoms with van der Waals surface area (Å²) in [4.78, 5) is 10.2. The van der Waals surface area contributed by atoms with Crippen molar-refractivity contribution in [2.45, 2.75) is 12.2 Å². The molecule has 6 nitrogen and oxygen atoms in total. The summed E-state index contributed by atoms with van der Waals surface area (Å²) in [5.41, 5.74) is 0.0300. The number of nitrogens with zero attached hydrogens (tertiary/aromatic N) is 1. The number of nitrogens with one attached hydrogen (secondary N) is 1. The van der Waals surface area contributed by atoms with E-state index < -0.39 is 4.92 Å². The first kappa shape index (κ1) is 14.7. The van der Waals surface area contributed by atoms with Crippen LogP contribution in [0.15, 0.2) is 24.3 Å². The van der Waals surface area contributed by atoms with Crippen LogP contribution >= 0.6 is 12.4 Å². The maximum absolute atomic E-state index is 10.6. The van der Waals surface area contributed by atoms with Gasteiger partial charge in [0.15, 0.2) is 0 Å². The zero-order chi connectivity index (χ0) is 12.3. The van der Waals surface area contributed by atoms with Gasteiger partial charge in [0.1, 0.15) is 18.0 Å². The van der Waals surface area contributed by atoms with E-state index in [1.165, 1.54) is 12.1 Å². The van der Waals surface area contributed by atoms with Crippen LogP contribution in [0.25, 0.3) is 0 Å². The Labute approximate surface area is 111 Å². The number of ether oxygens (including phenoxy) is 2. The van der Waals surface area contributed by atoms with Crippen molar-refractivity contribution in [3.63, 3.8) is 0 Å². The van der Waals surface area contributed by atoms with E-state index >= 15 is 0 Å². The molecule has 2 rings (SSSR count). The number of nitro groups is 1. The maximum atomic E-state index is 10.6. The minimum Gasteiger partial charge on any atom is -0.486 e. The summed E-state index contributed by atoms with van der Waals surface area (Å²) in [6.07, 6.45) is -0.128. The first-order chi connectivity index (χ1) is 8.20. The fourth-order valence-corrected chi connectivity index (χ4v) is 1.83. The Balaban J connectivity index is 0.00000162. The third-order valence-electron chi connectivity index (χ3n) is 2.72. The lowest BCUT2D eigenvalue weighted by atomic mass is 10.2. The predicted molar refractivity (Wildman–Crippen MR) is 68.4 cm³/mol. The monoisotopic (exact) mass is 274 g/mol. The van der Waals surface area contributed by atoms with Gasteiger partial charge >= 0.3 is 0 Å². The van der Waals surface area contributed by atoms with Gasteiger partial charge in [-0.3, -0.25) is 10.1 Å². The Morgan fingerprint density at radius 3 is 2.78 bits per heavy atom. The lowest BCUT2D eigenvalue weighted by molar-refractivity contribution is -0.385. The molecule has 2 unspecified atom stereocenters. The van der Waals surface area contributed by atoms with Crippen molar-refractivity contribution in [1.29, 1.82) is 0 Å². The van der Waals surface area contributed by atoms with E-state index in [1.54, 1.807) is 19.2 Å². The molecular formula is C11H15ClN2O4. The summed E-state index contributed by atoms with van der Waals surface area (Å²) in [5.74, 6) is 0.495. The molecule has 1 aliphatic rings. The van der Waals surface area contributed by atoms with Gasteiger partial charge in [0.25, 0.3) is 5.69 Å². The highest BCUT2D eigenvalue weighted by molar-refractivity contribution is 5.85. The van der Waals surface area contributed by atoms with E-state index in [4.69, 9.17) is 9.47 Å². The van der Waals surface area contributed by atoms with Crippen LogP contribution < -0.4 is 10.1 Å². The Morgan fingerprint density at radius 1 is 1.39 bits per heavy atom. The van der Waals surface area contributed by atoms with Crippen LogP contribution in [0.4, 0.5) is 5.69 Å². The van der Waals surface area contributed by atoms with Crippen LogP contribution in [-0.4, -0.2) is 37.3 Å². The molecule has 1 aliphatic heterocycles. The fraction of sp³-hybridized carbons (Fsp3) is 0.455. The van der Waals surface area contributed by atoms with E-state index in [0.717, 1.165) is 6.54 Å².